The molecule has 0 aliphatic carbocycles. The Morgan fingerprint density at radius 2 is 2.00 bits per heavy atom. The van der Waals surface area contributed by atoms with Gasteiger partial charge >= 0.3 is 6.03 Å². The zero-order valence-electron chi connectivity index (χ0n) is 13.5. The Balaban J connectivity index is 1.85. The first kappa shape index (κ1) is 16.4. The third-order valence-corrected chi connectivity index (χ3v) is 3.98. The molecule has 0 bridgehead atoms. The number of benzene rings is 1. The zero-order chi connectivity index (χ0) is 15.9. The van der Waals surface area contributed by atoms with E-state index in [0.717, 1.165) is 43.0 Å². The maximum Gasteiger partial charge on any atom is 0.315 e. The summed E-state index contributed by atoms with van der Waals surface area (Å²) in [5.74, 6) is 1.48. The highest BCUT2D eigenvalue weighted by Gasteiger charge is 2.18. The van der Waals surface area contributed by atoms with Crippen molar-refractivity contribution in [2.45, 2.75) is 25.4 Å². The summed E-state index contributed by atoms with van der Waals surface area (Å²) in [6, 6.07) is 5.66. The molecule has 2 N–H and O–H groups in total. The Labute approximate surface area is 131 Å². The summed E-state index contributed by atoms with van der Waals surface area (Å²) in [6.07, 6.45) is 1.98. The second-order valence-corrected chi connectivity index (χ2v) is 5.58. The van der Waals surface area contributed by atoms with E-state index >= 15 is 0 Å². The quantitative estimate of drug-likeness (QED) is 0.867. The lowest BCUT2D eigenvalue weighted by molar-refractivity contribution is 0.213. The van der Waals surface area contributed by atoms with Gasteiger partial charge in [-0.05, 0) is 51.2 Å². The molecule has 1 aliphatic heterocycles. The molecule has 0 spiro atoms. The highest BCUT2D eigenvalue weighted by Crippen LogP contribution is 2.23. The van der Waals surface area contributed by atoms with Gasteiger partial charge in [0.05, 0.1) is 14.2 Å². The normalized spacial score (nSPS) is 16.1. The molecule has 6 nitrogen and oxygen atoms in total. The Morgan fingerprint density at radius 1 is 1.27 bits per heavy atom. The number of urea groups is 1. The second kappa shape index (κ2) is 7.89. The molecule has 2 amide bonds. The van der Waals surface area contributed by atoms with Crippen LogP contribution in [-0.2, 0) is 6.54 Å². The molecule has 1 aromatic carbocycles. The number of amides is 2. The van der Waals surface area contributed by atoms with Crippen molar-refractivity contribution in [1.29, 1.82) is 0 Å². The molecule has 22 heavy (non-hydrogen) atoms. The van der Waals surface area contributed by atoms with E-state index in [1.807, 2.05) is 18.2 Å². The lowest BCUT2D eigenvalue weighted by Crippen LogP contribution is -2.46. The van der Waals surface area contributed by atoms with Crippen LogP contribution in [0, 0.1) is 0 Å². The van der Waals surface area contributed by atoms with Crippen molar-refractivity contribution in [1.82, 2.24) is 15.5 Å². The zero-order valence-corrected chi connectivity index (χ0v) is 13.5. The third kappa shape index (κ3) is 4.53. The highest BCUT2D eigenvalue weighted by molar-refractivity contribution is 5.74. The molecule has 1 aliphatic rings. The van der Waals surface area contributed by atoms with Crippen LogP contribution in [0.2, 0.25) is 0 Å². The van der Waals surface area contributed by atoms with Crippen LogP contribution in [0.3, 0.4) is 0 Å². The number of hydrogen-bond acceptors (Lipinski definition) is 4. The summed E-state index contributed by atoms with van der Waals surface area (Å²) < 4.78 is 10.5. The first-order valence-electron chi connectivity index (χ1n) is 7.56. The fourth-order valence-electron chi connectivity index (χ4n) is 2.58. The predicted octanol–water partition coefficient (Wildman–Crippen LogP) is 1.60. The number of likely N-dealkylation sites (tertiary alicyclic amines) is 1. The minimum Gasteiger partial charge on any atom is -0.497 e. The summed E-state index contributed by atoms with van der Waals surface area (Å²) in [5, 5.41) is 5.91. The fourth-order valence-corrected chi connectivity index (χ4v) is 2.58. The van der Waals surface area contributed by atoms with Gasteiger partial charge in [-0.25, -0.2) is 4.79 Å². The molecule has 0 unspecified atom stereocenters. The topological polar surface area (TPSA) is 62.8 Å². The number of methoxy groups -OCH3 is 2. The maximum absolute atomic E-state index is 12.0. The van der Waals surface area contributed by atoms with Gasteiger partial charge in [0, 0.05) is 18.2 Å². The summed E-state index contributed by atoms with van der Waals surface area (Å²) in [7, 11) is 5.33. The van der Waals surface area contributed by atoms with E-state index in [0.29, 0.717) is 6.54 Å². The first-order chi connectivity index (χ1) is 10.6. The van der Waals surface area contributed by atoms with E-state index in [9.17, 15) is 4.79 Å². The van der Waals surface area contributed by atoms with Crippen LogP contribution in [-0.4, -0.2) is 51.3 Å². The van der Waals surface area contributed by atoms with Crippen LogP contribution in [0.5, 0.6) is 11.5 Å². The molecule has 1 heterocycles. The van der Waals surface area contributed by atoms with Crippen molar-refractivity contribution in [3.8, 4) is 11.5 Å². The minimum atomic E-state index is -0.139. The Bertz CT molecular complexity index is 499. The number of carbonyl (C=O) groups is 1. The molecule has 1 aromatic rings. The number of carbonyl (C=O) groups excluding carboxylic acids is 1. The maximum atomic E-state index is 12.0. The molecular weight excluding hydrogens is 282 g/mol. The van der Waals surface area contributed by atoms with Crippen molar-refractivity contribution in [2.24, 2.45) is 0 Å². The molecule has 122 valence electrons. The van der Waals surface area contributed by atoms with E-state index < -0.39 is 0 Å². The number of nitrogens with zero attached hydrogens (tertiary/aromatic N) is 1. The van der Waals surface area contributed by atoms with E-state index in [2.05, 4.69) is 22.6 Å². The van der Waals surface area contributed by atoms with Gasteiger partial charge < -0.3 is 25.0 Å². The Kier molecular flexibility index (Phi) is 5.89. The standard InChI is InChI=1S/C16H25N3O3/c1-19-8-6-13(7-9-19)18-16(20)17-11-12-10-14(21-2)4-5-15(12)22-3/h4-5,10,13H,6-9,11H2,1-3H3,(H2,17,18,20). The molecular formula is C16H25N3O3. The van der Waals surface area contributed by atoms with Gasteiger partial charge in [-0.3, -0.25) is 0 Å². The van der Waals surface area contributed by atoms with Crippen LogP contribution in [0.1, 0.15) is 18.4 Å². The summed E-state index contributed by atoms with van der Waals surface area (Å²) in [6.45, 7) is 2.45. The smallest absolute Gasteiger partial charge is 0.315 e. The van der Waals surface area contributed by atoms with Gasteiger partial charge in [0.1, 0.15) is 11.5 Å². The Hall–Kier alpha value is -1.95. The average Bonchev–Trinajstić information content (AvgIpc) is 2.54. The lowest BCUT2D eigenvalue weighted by Gasteiger charge is -2.29. The number of hydrogen-bond donors (Lipinski definition) is 2. The third-order valence-electron chi connectivity index (χ3n) is 3.98. The SMILES string of the molecule is COc1ccc(OC)c(CNC(=O)NC2CCN(C)CC2)c1. The predicted molar refractivity (Wildman–Crippen MR) is 85.4 cm³/mol. The number of nitrogens with one attached hydrogen (secondary N) is 2. The largest absolute Gasteiger partial charge is 0.497 e. The summed E-state index contributed by atoms with van der Waals surface area (Å²) >= 11 is 0. The first-order valence-corrected chi connectivity index (χ1v) is 7.56. The lowest BCUT2D eigenvalue weighted by atomic mass is 10.1. The molecule has 6 heteroatoms. The van der Waals surface area contributed by atoms with Crippen LogP contribution in [0.4, 0.5) is 4.79 Å². The number of ether oxygens (including phenoxy) is 2. The van der Waals surface area contributed by atoms with Gasteiger partial charge in [-0.2, -0.15) is 0 Å². The van der Waals surface area contributed by atoms with Gasteiger partial charge in [0.25, 0.3) is 0 Å². The van der Waals surface area contributed by atoms with Crippen LogP contribution in [0.15, 0.2) is 18.2 Å². The summed E-state index contributed by atoms with van der Waals surface area (Å²) in [4.78, 5) is 14.3. The van der Waals surface area contributed by atoms with Crippen LogP contribution < -0.4 is 20.1 Å². The van der Waals surface area contributed by atoms with Crippen molar-refractivity contribution in [2.75, 3.05) is 34.4 Å². The van der Waals surface area contributed by atoms with E-state index in [-0.39, 0.29) is 12.1 Å². The van der Waals surface area contributed by atoms with Crippen molar-refractivity contribution in [3.05, 3.63) is 23.8 Å². The van der Waals surface area contributed by atoms with Gasteiger partial charge in [0.15, 0.2) is 0 Å². The fraction of sp³-hybridized carbons (Fsp3) is 0.562. The molecule has 1 fully saturated rings. The Morgan fingerprint density at radius 3 is 2.64 bits per heavy atom. The van der Waals surface area contributed by atoms with E-state index in [4.69, 9.17) is 9.47 Å². The van der Waals surface area contributed by atoms with Crippen molar-refractivity contribution >= 4 is 6.03 Å². The molecule has 2 rings (SSSR count). The van der Waals surface area contributed by atoms with Crippen LogP contribution in [0.25, 0.3) is 0 Å². The molecule has 1 saturated heterocycles. The molecule has 0 radical (unpaired) electrons. The minimum absolute atomic E-state index is 0.139. The van der Waals surface area contributed by atoms with Gasteiger partial charge in [-0.15, -0.1) is 0 Å². The van der Waals surface area contributed by atoms with Crippen molar-refractivity contribution in [3.63, 3.8) is 0 Å². The highest BCUT2D eigenvalue weighted by atomic mass is 16.5. The molecule has 0 atom stereocenters. The molecule has 0 aromatic heterocycles. The second-order valence-electron chi connectivity index (χ2n) is 5.58. The number of rotatable bonds is 5. The number of piperidine rings is 1. The monoisotopic (exact) mass is 307 g/mol. The average molecular weight is 307 g/mol. The van der Waals surface area contributed by atoms with E-state index in [1.165, 1.54) is 0 Å². The van der Waals surface area contributed by atoms with Crippen molar-refractivity contribution < 1.29 is 14.3 Å². The van der Waals surface area contributed by atoms with Gasteiger partial charge in [-0.1, -0.05) is 0 Å². The van der Waals surface area contributed by atoms with Crippen LogP contribution >= 0.6 is 0 Å². The molecule has 0 saturated carbocycles. The van der Waals surface area contributed by atoms with Gasteiger partial charge in [0.2, 0.25) is 0 Å². The van der Waals surface area contributed by atoms with E-state index in [1.54, 1.807) is 14.2 Å². The summed E-state index contributed by atoms with van der Waals surface area (Å²) in [5.41, 5.74) is 0.889.